The van der Waals surface area contributed by atoms with E-state index >= 15 is 0 Å². The van der Waals surface area contributed by atoms with Crippen LogP contribution in [0.5, 0.6) is 0 Å². The molecular formula is C23H44N2O4. The van der Waals surface area contributed by atoms with Crippen LogP contribution in [-0.4, -0.2) is 91.5 Å². The van der Waals surface area contributed by atoms with Gasteiger partial charge >= 0.3 is 0 Å². The van der Waals surface area contributed by atoms with Gasteiger partial charge in [-0.05, 0) is 71.1 Å². The molecule has 170 valence electrons. The maximum absolute atomic E-state index is 10.4. The van der Waals surface area contributed by atoms with Gasteiger partial charge in [0.25, 0.3) is 0 Å². The third-order valence-electron chi connectivity index (χ3n) is 6.51. The second-order valence-corrected chi connectivity index (χ2v) is 9.89. The summed E-state index contributed by atoms with van der Waals surface area (Å²) in [6.45, 7) is 13.6. The van der Waals surface area contributed by atoms with Crippen LogP contribution in [-0.2, 0) is 14.2 Å². The van der Waals surface area contributed by atoms with Crippen LogP contribution < -0.4 is 0 Å². The Morgan fingerprint density at radius 1 is 0.966 bits per heavy atom. The van der Waals surface area contributed by atoms with E-state index < -0.39 is 11.9 Å². The van der Waals surface area contributed by atoms with Gasteiger partial charge in [-0.25, -0.2) is 0 Å². The summed E-state index contributed by atoms with van der Waals surface area (Å²) >= 11 is 0. The Bertz CT molecular complexity index is 466. The lowest BCUT2D eigenvalue weighted by Gasteiger charge is -2.29. The van der Waals surface area contributed by atoms with Crippen LogP contribution in [0.3, 0.4) is 0 Å². The average Bonchev–Trinajstić information content (AvgIpc) is 3.34. The number of ether oxygens (including phenoxy) is 3. The molecule has 29 heavy (non-hydrogen) atoms. The van der Waals surface area contributed by atoms with E-state index in [9.17, 15) is 5.11 Å². The molecule has 3 rings (SSSR count). The summed E-state index contributed by atoms with van der Waals surface area (Å²) in [5.74, 6) is 0.0579. The molecule has 3 aliphatic heterocycles. The number of β-amino-alcohol motifs (C(OH)–C–C–N with tert-alkyl or cyclic N) is 1. The van der Waals surface area contributed by atoms with E-state index in [0.29, 0.717) is 25.7 Å². The first-order valence-corrected chi connectivity index (χ1v) is 12.0. The van der Waals surface area contributed by atoms with E-state index in [1.807, 2.05) is 0 Å². The first-order chi connectivity index (χ1) is 13.9. The lowest BCUT2D eigenvalue weighted by Crippen LogP contribution is -2.39. The Hall–Kier alpha value is -0.240. The van der Waals surface area contributed by atoms with Crippen LogP contribution in [0.25, 0.3) is 0 Å². The molecule has 1 N–H and O–H groups in total. The Morgan fingerprint density at radius 3 is 2.21 bits per heavy atom. The fourth-order valence-corrected chi connectivity index (χ4v) is 4.66. The zero-order chi connectivity index (χ0) is 20.7. The fourth-order valence-electron chi connectivity index (χ4n) is 4.66. The molecular weight excluding hydrogens is 368 g/mol. The first kappa shape index (κ1) is 23.4. The predicted octanol–water partition coefficient (Wildman–Crippen LogP) is 2.88. The maximum Gasteiger partial charge on any atom is 0.193 e. The van der Waals surface area contributed by atoms with Crippen LogP contribution in [0.2, 0.25) is 0 Å². The van der Waals surface area contributed by atoms with Gasteiger partial charge in [0.05, 0.1) is 25.4 Å². The summed E-state index contributed by atoms with van der Waals surface area (Å²) < 4.78 is 18.2. The number of rotatable bonds is 12. The van der Waals surface area contributed by atoms with E-state index in [-0.39, 0.29) is 12.2 Å². The molecule has 0 aromatic rings. The largest absolute Gasteiger partial charge is 0.389 e. The normalized spacial score (nSPS) is 31.1. The Labute approximate surface area is 177 Å². The van der Waals surface area contributed by atoms with E-state index in [0.717, 1.165) is 26.1 Å². The van der Waals surface area contributed by atoms with Crippen molar-refractivity contribution in [2.24, 2.45) is 5.92 Å². The highest BCUT2D eigenvalue weighted by Gasteiger charge is 2.54. The summed E-state index contributed by atoms with van der Waals surface area (Å²) in [6, 6.07) is 0. The van der Waals surface area contributed by atoms with Gasteiger partial charge in [0.15, 0.2) is 5.79 Å². The minimum atomic E-state index is -0.470. The molecule has 0 aliphatic carbocycles. The molecule has 0 spiro atoms. The molecule has 0 saturated carbocycles. The van der Waals surface area contributed by atoms with Crippen LogP contribution in [0, 0.1) is 5.92 Å². The summed E-state index contributed by atoms with van der Waals surface area (Å²) in [5.41, 5.74) is 0. The van der Waals surface area contributed by atoms with Gasteiger partial charge in [0.1, 0.15) is 6.10 Å². The van der Waals surface area contributed by atoms with Crippen LogP contribution in [0.4, 0.5) is 0 Å². The highest BCUT2D eigenvalue weighted by molar-refractivity contribution is 4.93. The summed E-state index contributed by atoms with van der Waals surface area (Å²) in [7, 11) is 0. The summed E-state index contributed by atoms with van der Waals surface area (Å²) in [6.07, 6.45) is 8.44. The number of aliphatic hydroxyl groups is 1. The second kappa shape index (κ2) is 11.4. The van der Waals surface area contributed by atoms with Gasteiger partial charge in [-0.2, -0.15) is 0 Å². The molecule has 3 saturated heterocycles. The van der Waals surface area contributed by atoms with Gasteiger partial charge in [0.2, 0.25) is 0 Å². The second-order valence-electron chi connectivity index (χ2n) is 9.89. The zero-order valence-corrected chi connectivity index (χ0v) is 19.0. The minimum Gasteiger partial charge on any atom is -0.389 e. The summed E-state index contributed by atoms with van der Waals surface area (Å²) in [5, 5.41) is 10.4. The number of hydrogen-bond acceptors (Lipinski definition) is 6. The van der Waals surface area contributed by atoms with Gasteiger partial charge in [0, 0.05) is 13.1 Å². The number of epoxide rings is 1. The molecule has 3 aliphatic rings. The lowest BCUT2D eigenvalue weighted by atomic mass is 10.1. The third kappa shape index (κ3) is 8.08. The monoisotopic (exact) mass is 412 g/mol. The van der Waals surface area contributed by atoms with E-state index in [2.05, 4.69) is 30.6 Å². The van der Waals surface area contributed by atoms with Crippen molar-refractivity contribution in [3.05, 3.63) is 0 Å². The minimum absolute atomic E-state index is 0.00247. The van der Waals surface area contributed by atoms with Crippen molar-refractivity contribution in [1.29, 1.82) is 0 Å². The van der Waals surface area contributed by atoms with Gasteiger partial charge < -0.3 is 29.1 Å². The SMILES string of the molecule is CC(C)CC(COC1(C)OC1CN1CCCCC1)OCC(O)CN1CCCCC1. The fraction of sp³-hybridized carbons (Fsp3) is 1.00. The number of nitrogens with zero attached hydrogens (tertiary/aromatic N) is 2. The van der Waals surface area contributed by atoms with Crippen molar-refractivity contribution < 1.29 is 19.3 Å². The van der Waals surface area contributed by atoms with Crippen LogP contribution in [0.15, 0.2) is 0 Å². The highest BCUT2D eigenvalue weighted by Crippen LogP contribution is 2.38. The summed E-state index contributed by atoms with van der Waals surface area (Å²) in [4.78, 5) is 4.86. The molecule has 4 atom stereocenters. The van der Waals surface area contributed by atoms with Crippen molar-refractivity contribution in [2.45, 2.75) is 89.8 Å². The van der Waals surface area contributed by atoms with Crippen molar-refractivity contribution in [1.82, 2.24) is 9.80 Å². The molecule has 3 fully saturated rings. The zero-order valence-electron chi connectivity index (χ0n) is 19.0. The Morgan fingerprint density at radius 2 is 1.59 bits per heavy atom. The highest BCUT2D eigenvalue weighted by atomic mass is 16.8. The molecule has 0 radical (unpaired) electrons. The maximum atomic E-state index is 10.4. The van der Waals surface area contributed by atoms with Crippen molar-refractivity contribution in [2.75, 3.05) is 52.5 Å². The van der Waals surface area contributed by atoms with Gasteiger partial charge in [-0.1, -0.05) is 26.7 Å². The predicted molar refractivity (Wildman–Crippen MR) is 115 cm³/mol. The van der Waals surface area contributed by atoms with E-state index in [4.69, 9.17) is 14.2 Å². The van der Waals surface area contributed by atoms with Crippen molar-refractivity contribution in [3.63, 3.8) is 0 Å². The Kier molecular flexibility index (Phi) is 9.21. The van der Waals surface area contributed by atoms with Crippen LogP contribution in [0.1, 0.15) is 65.7 Å². The molecule has 3 heterocycles. The van der Waals surface area contributed by atoms with Gasteiger partial charge in [-0.3, -0.25) is 0 Å². The molecule has 4 unspecified atom stereocenters. The quantitative estimate of drug-likeness (QED) is 0.498. The van der Waals surface area contributed by atoms with E-state index in [1.165, 1.54) is 51.6 Å². The molecule has 0 bridgehead atoms. The van der Waals surface area contributed by atoms with Crippen molar-refractivity contribution >= 4 is 0 Å². The van der Waals surface area contributed by atoms with Gasteiger partial charge in [-0.15, -0.1) is 0 Å². The molecule has 0 amide bonds. The number of hydrogen-bond donors (Lipinski definition) is 1. The number of piperidine rings is 2. The molecule has 6 heteroatoms. The third-order valence-corrected chi connectivity index (χ3v) is 6.51. The van der Waals surface area contributed by atoms with E-state index in [1.54, 1.807) is 0 Å². The lowest BCUT2D eigenvalue weighted by molar-refractivity contribution is -0.104. The van der Waals surface area contributed by atoms with Crippen LogP contribution >= 0.6 is 0 Å². The van der Waals surface area contributed by atoms with Crippen molar-refractivity contribution in [3.8, 4) is 0 Å². The molecule has 0 aromatic heterocycles. The standard InChI is InChI=1S/C23H44N2O4/c1-19(2)14-21(27-17-20(26)15-24-10-6-4-7-11-24)18-28-23(3)22(29-23)16-25-12-8-5-9-13-25/h19-22,26H,4-18H2,1-3H3. The number of aliphatic hydroxyl groups excluding tert-OH is 1. The molecule has 6 nitrogen and oxygen atoms in total. The number of likely N-dealkylation sites (tertiary alicyclic amines) is 2. The average molecular weight is 413 g/mol. The Balaban J connectivity index is 1.37. The molecule has 0 aromatic carbocycles. The topological polar surface area (TPSA) is 57.7 Å². The smallest absolute Gasteiger partial charge is 0.193 e. The first-order valence-electron chi connectivity index (χ1n) is 12.0.